The van der Waals surface area contributed by atoms with Crippen molar-refractivity contribution in [2.45, 2.75) is 4.90 Å². The smallest absolute Gasteiger partial charge is 0.283 e. The lowest BCUT2D eigenvalue weighted by atomic mass is 10.0. The van der Waals surface area contributed by atoms with Crippen molar-refractivity contribution in [3.63, 3.8) is 0 Å². The van der Waals surface area contributed by atoms with Crippen molar-refractivity contribution in [2.75, 3.05) is 19.0 Å². The molecule has 1 aliphatic heterocycles. The number of sulfonamides is 1. The van der Waals surface area contributed by atoms with E-state index in [9.17, 15) is 8.42 Å². The van der Waals surface area contributed by atoms with Gasteiger partial charge in [0.25, 0.3) is 10.0 Å². The van der Waals surface area contributed by atoms with Gasteiger partial charge in [-0.1, -0.05) is 30.3 Å². The minimum absolute atomic E-state index is 0.284. The van der Waals surface area contributed by atoms with Gasteiger partial charge in [-0.3, -0.25) is 0 Å². The van der Waals surface area contributed by atoms with E-state index in [4.69, 9.17) is 0 Å². The first-order chi connectivity index (χ1) is 9.49. The van der Waals surface area contributed by atoms with E-state index >= 15 is 0 Å². The van der Waals surface area contributed by atoms with Crippen LogP contribution < -0.4 is 4.90 Å². The van der Waals surface area contributed by atoms with Crippen LogP contribution in [0.3, 0.4) is 0 Å². The summed E-state index contributed by atoms with van der Waals surface area (Å²) in [6, 6.07) is 14.6. The summed E-state index contributed by atoms with van der Waals surface area (Å²) in [5.41, 5.74) is 3.06. The molecule has 0 atom stereocenters. The molecule has 1 aliphatic rings. The third-order valence-electron chi connectivity index (χ3n) is 3.29. The van der Waals surface area contributed by atoms with Crippen molar-refractivity contribution >= 4 is 21.4 Å². The third kappa shape index (κ3) is 2.00. The largest absolute Gasteiger partial charge is 0.378 e. The maximum Gasteiger partial charge on any atom is 0.283 e. The Morgan fingerprint density at radius 2 is 1.60 bits per heavy atom. The van der Waals surface area contributed by atoms with Crippen molar-refractivity contribution in [1.29, 1.82) is 0 Å². The van der Waals surface area contributed by atoms with Gasteiger partial charge >= 0.3 is 0 Å². The van der Waals surface area contributed by atoms with Crippen LogP contribution in [0, 0.1) is 0 Å². The Hall–Kier alpha value is -2.14. The van der Waals surface area contributed by atoms with Gasteiger partial charge in [-0.05, 0) is 18.2 Å². The van der Waals surface area contributed by atoms with E-state index in [2.05, 4.69) is 4.40 Å². The van der Waals surface area contributed by atoms with E-state index < -0.39 is 10.0 Å². The third-order valence-corrected chi connectivity index (χ3v) is 4.62. The van der Waals surface area contributed by atoms with Crippen molar-refractivity contribution in [3.8, 4) is 0 Å². The molecule has 0 amide bonds. The minimum atomic E-state index is -3.55. The fourth-order valence-corrected chi connectivity index (χ4v) is 3.47. The average molecular weight is 286 g/mol. The molecule has 0 aromatic heterocycles. The van der Waals surface area contributed by atoms with Crippen LogP contribution in [0.1, 0.15) is 11.1 Å². The lowest BCUT2D eigenvalue weighted by Crippen LogP contribution is -2.09. The summed E-state index contributed by atoms with van der Waals surface area (Å²) in [6.45, 7) is 0. The first kappa shape index (κ1) is 12.9. The van der Waals surface area contributed by atoms with E-state index in [1.165, 1.54) is 0 Å². The Labute approximate surface area is 118 Å². The molecule has 0 fully saturated rings. The maximum absolute atomic E-state index is 12.0. The molecule has 0 unspecified atom stereocenters. The van der Waals surface area contributed by atoms with Crippen molar-refractivity contribution < 1.29 is 8.42 Å². The monoisotopic (exact) mass is 286 g/mol. The highest BCUT2D eigenvalue weighted by molar-refractivity contribution is 7.90. The number of benzene rings is 2. The average Bonchev–Trinajstić information content (AvgIpc) is 2.72. The van der Waals surface area contributed by atoms with Gasteiger partial charge in [0.05, 0.1) is 10.6 Å². The summed E-state index contributed by atoms with van der Waals surface area (Å²) in [5.74, 6) is 0. The Balaban J connectivity index is 2.12. The molecule has 5 heteroatoms. The second kappa shape index (κ2) is 4.45. The van der Waals surface area contributed by atoms with Gasteiger partial charge in [-0.2, -0.15) is 12.8 Å². The zero-order valence-corrected chi connectivity index (χ0v) is 12.1. The second-order valence-corrected chi connectivity index (χ2v) is 6.42. The topological polar surface area (TPSA) is 49.7 Å². The molecule has 20 heavy (non-hydrogen) atoms. The number of hydrogen-bond acceptors (Lipinski definition) is 3. The molecule has 102 valence electrons. The molecular weight excluding hydrogens is 272 g/mol. The van der Waals surface area contributed by atoms with Gasteiger partial charge in [0.15, 0.2) is 0 Å². The summed E-state index contributed by atoms with van der Waals surface area (Å²) in [4.78, 5) is 2.27. The Morgan fingerprint density at radius 3 is 2.25 bits per heavy atom. The van der Waals surface area contributed by atoms with Gasteiger partial charge in [0.1, 0.15) is 0 Å². The van der Waals surface area contributed by atoms with E-state index in [1.54, 1.807) is 18.2 Å². The van der Waals surface area contributed by atoms with Crippen LogP contribution in [0.25, 0.3) is 0 Å². The predicted molar refractivity (Wildman–Crippen MR) is 80.0 cm³/mol. The molecule has 0 radical (unpaired) electrons. The van der Waals surface area contributed by atoms with Gasteiger partial charge < -0.3 is 4.90 Å². The number of fused-ring (bicyclic) bond motifs is 1. The van der Waals surface area contributed by atoms with E-state index in [0.29, 0.717) is 11.3 Å². The quantitative estimate of drug-likeness (QED) is 0.851. The lowest BCUT2D eigenvalue weighted by molar-refractivity contribution is 0.599. The predicted octanol–water partition coefficient (Wildman–Crippen LogP) is 2.29. The van der Waals surface area contributed by atoms with Crippen LogP contribution in [-0.4, -0.2) is 28.2 Å². The van der Waals surface area contributed by atoms with E-state index in [0.717, 1.165) is 11.3 Å². The zero-order chi connectivity index (χ0) is 14.3. The minimum Gasteiger partial charge on any atom is -0.378 e. The molecule has 0 saturated heterocycles. The fraction of sp³-hybridized carbons (Fsp3) is 0.133. The molecule has 0 spiro atoms. The summed E-state index contributed by atoms with van der Waals surface area (Å²) in [6.07, 6.45) is 0. The Kier molecular flexibility index (Phi) is 2.87. The molecule has 0 N–H and O–H groups in total. The van der Waals surface area contributed by atoms with Crippen LogP contribution in [0.15, 0.2) is 57.8 Å². The highest BCUT2D eigenvalue weighted by atomic mass is 32.2. The fourth-order valence-electron chi connectivity index (χ4n) is 2.23. The standard InChI is InChI=1S/C15H14N2O2S/c1-17(2)12-9-7-11(8-10-12)15-13-5-3-4-6-14(13)20(18,19)16-15/h3-10H,1-2H3. The summed E-state index contributed by atoms with van der Waals surface area (Å²) >= 11 is 0. The molecular formula is C15H14N2O2S. The Bertz CT molecular complexity index is 791. The number of anilines is 1. The first-order valence-electron chi connectivity index (χ1n) is 6.21. The molecule has 2 aromatic carbocycles. The van der Waals surface area contributed by atoms with Gasteiger partial charge in [0.2, 0.25) is 0 Å². The molecule has 3 rings (SSSR count). The van der Waals surface area contributed by atoms with Crippen LogP contribution in [0.5, 0.6) is 0 Å². The van der Waals surface area contributed by atoms with Gasteiger partial charge in [-0.15, -0.1) is 0 Å². The normalized spacial score (nSPS) is 15.6. The second-order valence-electron chi connectivity index (χ2n) is 4.85. The SMILES string of the molecule is CN(C)c1ccc(C2=NS(=O)(=O)c3ccccc32)cc1. The van der Waals surface area contributed by atoms with Crippen molar-refractivity contribution in [2.24, 2.45) is 4.40 Å². The molecule has 0 aliphatic carbocycles. The molecule has 4 nitrogen and oxygen atoms in total. The van der Waals surface area contributed by atoms with Gasteiger partial charge in [-0.25, -0.2) is 0 Å². The van der Waals surface area contributed by atoms with Crippen LogP contribution >= 0.6 is 0 Å². The Morgan fingerprint density at radius 1 is 0.950 bits per heavy atom. The summed E-state index contributed by atoms with van der Waals surface area (Å²) < 4.78 is 27.9. The highest BCUT2D eigenvalue weighted by Crippen LogP contribution is 2.29. The lowest BCUT2D eigenvalue weighted by Gasteiger charge is -2.12. The molecule has 2 aromatic rings. The number of rotatable bonds is 2. The first-order valence-corrected chi connectivity index (χ1v) is 7.65. The molecule has 0 saturated carbocycles. The van der Waals surface area contributed by atoms with E-state index in [1.807, 2.05) is 49.3 Å². The maximum atomic E-state index is 12.0. The van der Waals surface area contributed by atoms with E-state index in [-0.39, 0.29) is 4.90 Å². The number of hydrogen-bond donors (Lipinski definition) is 0. The van der Waals surface area contributed by atoms with Gasteiger partial charge in [0, 0.05) is 30.9 Å². The van der Waals surface area contributed by atoms with Crippen molar-refractivity contribution in [3.05, 3.63) is 59.7 Å². The zero-order valence-electron chi connectivity index (χ0n) is 11.2. The number of nitrogens with zero attached hydrogens (tertiary/aromatic N) is 2. The summed E-state index contributed by atoms with van der Waals surface area (Å²) in [7, 11) is 0.369. The molecule has 1 heterocycles. The van der Waals surface area contributed by atoms with Crippen LogP contribution in [-0.2, 0) is 10.0 Å². The van der Waals surface area contributed by atoms with Crippen LogP contribution in [0.4, 0.5) is 5.69 Å². The van der Waals surface area contributed by atoms with Crippen LogP contribution in [0.2, 0.25) is 0 Å². The summed E-state index contributed by atoms with van der Waals surface area (Å²) in [5, 5.41) is 0. The molecule has 0 bridgehead atoms. The van der Waals surface area contributed by atoms with Crippen molar-refractivity contribution in [1.82, 2.24) is 0 Å². The highest BCUT2D eigenvalue weighted by Gasteiger charge is 2.28.